The summed E-state index contributed by atoms with van der Waals surface area (Å²) in [5.41, 5.74) is -0.0154. The number of halogens is 6. The summed E-state index contributed by atoms with van der Waals surface area (Å²) in [6.07, 6.45) is -10.0. The molecule has 0 aliphatic heterocycles. The van der Waals surface area contributed by atoms with Crippen molar-refractivity contribution in [1.82, 2.24) is 9.13 Å². The Kier molecular flexibility index (Phi) is 5.78. The summed E-state index contributed by atoms with van der Waals surface area (Å²) >= 11 is 0. The summed E-state index contributed by atoms with van der Waals surface area (Å²) in [5, 5.41) is 22.0. The lowest BCUT2D eigenvalue weighted by atomic mass is 10.1. The Morgan fingerprint density at radius 2 is 1.07 bits per heavy atom. The zero-order valence-corrected chi connectivity index (χ0v) is 22.3. The van der Waals surface area contributed by atoms with Crippen LogP contribution in [0.5, 0.6) is 0 Å². The van der Waals surface area contributed by atoms with Crippen LogP contribution >= 0.6 is 0 Å². The van der Waals surface area contributed by atoms with Gasteiger partial charge >= 0.3 is 12.4 Å². The smallest absolute Gasteiger partial charge is 0.309 e. The van der Waals surface area contributed by atoms with Gasteiger partial charge in [0.05, 0.1) is 61.8 Å². The topological polar surface area (TPSA) is 57.4 Å². The average molecular weight is 595 g/mol. The van der Waals surface area contributed by atoms with E-state index < -0.39 is 29.2 Å². The summed E-state index contributed by atoms with van der Waals surface area (Å²) in [7, 11) is 0. The number of rotatable bonds is 2. The van der Waals surface area contributed by atoms with Gasteiger partial charge < -0.3 is 9.13 Å². The number of hydrogen-bond acceptors (Lipinski definition) is 2. The molecule has 10 heteroatoms. The Morgan fingerprint density at radius 1 is 0.523 bits per heavy atom. The normalized spacial score (nSPS) is 12.3. The van der Waals surface area contributed by atoms with Crippen LogP contribution in [0.2, 0.25) is 0 Å². The minimum absolute atomic E-state index is 0.147. The summed E-state index contributed by atoms with van der Waals surface area (Å²) in [6, 6.07) is 28.2. The number of benzene rings is 5. The molecule has 2 heterocycles. The van der Waals surface area contributed by atoms with Crippen molar-refractivity contribution in [2.24, 2.45) is 0 Å². The van der Waals surface area contributed by atoms with Gasteiger partial charge in [0, 0.05) is 21.5 Å². The van der Waals surface area contributed by atoms with Crippen molar-refractivity contribution < 1.29 is 26.3 Å². The molecule has 4 nitrogen and oxygen atoms in total. The molecule has 44 heavy (non-hydrogen) atoms. The maximum absolute atomic E-state index is 14.4. The van der Waals surface area contributed by atoms with Crippen LogP contribution in [-0.2, 0) is 12.4 Å². The van der Waals surface area contributed by atoms with Crippen molar-refractivity contribution >= 4 is 43.6 Å². The molecule has 7 aromatic rings. The second-order valence-electron chi connectivity index (χ2n) is 10.2. The van der Waals surface area contributed by atoms with E-state index >= 15 is 0 Å². The molecule has 214 valence electrons. The van der Waals surface area contributed by atoms with E-state index in [1.165, 1.54) is 10.6 Å². The maximum atomic E-state index is 14.4. The molecular weight excluding hydrogens is 578 g/mol. The van der Waals surface area contributed by atoms with E-state index in [1.54, 1.807) is 48.5 Å². The van der Waals surface area contributed by atoms with E-state index in [4.69, 9.17) is 0 Å². The third-order valence-corrected chi connectivity index (χ3v) is 7.83. The largest absolute Gasteiger partial charge is 0.418 e. The van der Waals surface area contributed by atoms with Gasteiger partial charge in [0.15, 0.2) is 0 Å². The SMILES string of the molecule is N#Cc1ccc(-n2c3ccccc3c3c4c5ccccc5n(-c5ccc(C(F)(F)F)cc5C(F)(F)F)c4ccc32)c(C#N)c1. The highest BCUT2D eigenvalue weighted by Crippen LogP contribution is 2.45. The summed E-state index contributed by atoms with van der Waals surface area (Å²) < 4.78 is 86.7. The summed E-state index contributed by atoms with van der Waals surface area (Å²) in [6.45, 7) is 0. The molecule has 0 atom stereocenters. The van der Waals surface area contributed by atoms with Gasteiger partial charge in [0.2, 0.25) is 0 Å². The Balaban J connectivity index is 1.65. The molecule has 0 aliphatic rings. The second kappa shape index (κ2) is 9.38. The lowest BCUT2D eigenvalue weighted by Gasteiger charge is -2.18. The quantitative estimate of drug-likeness (QED) is 0.187. The fraction of sp³-hybridized carbons (Fsp3) is 0.0588. The molecule has 0 N–H and O–H groups in total. The predicted octanol–water partition coefficient (Wildman–Crippen LogP) is 9.66. The molecular formula is C34H16F6N4. The van der Waals surface area contributed by atoms with Gasteiger partial charge in [-0.2, -0.15) is 36.9 Å². The van der Waals surface area contributed by atoms with Crippen LogP contribution in [0.25, 0.3) is 55.0 Å². The van der Waals surface area contributed by atoms with E-state index in [2.05, 4.69) is 6.07 Å². The highest BCUT2D eigenvalue weighted by Gasteiger charge is 2.39. The molecule has 5 aromatic carbocycles. The molecule has 0 radical (unpaired) electrons. The van der Waals surface area contributed by atoms with Crippen LogP contribution in [-0.4, -0.2) is 9.13 Å². The van der Waals surface area contributed by atoms with Gasteiger partial charge in [-0.05, 0) is 60.7 Å². The highest BCUT2D eigenvalue weighted by atomic mass is 19.4. The standard InChI is InChI=1S/C34H16F6N4/c35-33(36,37)21-10-12-28(24(16-21)34(38,39)40)44-27-8-4-2-6-23(27)32-30(44)14-13-29-31(32)22-5-1-3-7-26(22)43(29)25-11-9-19(17-41)15-20(25)18-42/h1-16H. The fourth-order valence-corrected chi connectivity index (χ4v) is 6.06. The number of aromatic nitrogens is 2. The first-order valence-corrected chi connectivity index (χ1v) is 13.2. The zero-order chi connectivity index (χ0) is 31.0. The molecule has 0 amide bonds. The Bertz CT molecular complexity index is 2390. The number of hydrogen-bond donors (Lipinski definition) is 0. The lowest BCUT2D eigenvalue weighted by molar-refractivity contribution is -0.142. The number of para-hydroxylation sites is 2. The first kappa shape index (κ1) is 27.1. The van der Waals surface area contributed by atoms with Crippen molar-refractivity contribution in [1.29, 1.82) is 10.5 Å². The number of alkyl halides is 6. The van der Waals surface area contributed by atoms with Crippen LogP contribution in [0.4, 0.5) is 26.3 Å². The van der Waals surface area contributed by atoms with Crippen LogP contribution < -0.4 is 0 Å². The van der Waals surface area contributed by atoms with Crippen LogP contribution in [0.1, 0.15) is 22.3 Å². The number of fused-ring (bicyclic) bond motifs is 7. The van der Waals surface area contributed by atoms with Crippen molar-refractivity contribution in [2.75, 3.05) is 0 Å². The highest BCUT2D eigenvalue weighted by molar-refractivity contribution is 6.29. The second-order valence-corrected chi connectivity index (χ2v) is 10.2. The molecule has 0 aliphatic carbocycles. The van der Waals surface area contributed by atoms with E-state index in [9.17, 15) is 36.9 Å². The van der Waals surface area contributed by atoms with Crippen molar-refractivity contribution in [2.45, 2.75) is 12.4 Å². The van der Waals surface area contributed by atoms with Crippen molar-refractivity contribution in [3.63, 3.8) is 0 Å². The van der Waals surface area contributed by atoms with Gasteiger partial charge in [0.25, 0.3) is 0 Å². The first-order valence-electron chi connectivity index (χ1n) is 13.2. The van der Waals surface area contributed by atoms with Gasteiger partial charge in [-0.1, -0.05) is 36.4 Å². The molecule has 0 saturated heterocycles. The molecule has 0 spiro atoms. The van der Waals surface area contributed by atoms with Crippen molar-refractivity contribution in [3.8, 4) is 23.5 Å². The van der Waals surface area contributed by atoms with Gasteiger partial charge in [-0.3, -0.25) is 0 Å². The number of nitrogens with zero attached hydrogens (tertiary/aromatic N) is 4. The van der Waals surface area contributed by atoms with Gasteiger partial charge in [-0.15, -0.1) is 0 Å². The predicted molar refractivity (Wildman–Crippen MR) is 155 cm³/mol. The summed E-state index contributed by atoms with van der Waals surface area (Å²) in [5.74, 6) is 0. The maximum Gasteiger partial charge on any atom is 0.418 e. The Morgan fingerprint density at radius 3 is 1.59 bits per heavy atom. The third kappa shape index (κ3) is 3.92. The molecule has 0 unspecified atom stereocenters. The average Bonchev–Trinajstić information content (AvgIpc) is 3.52. The third-order valence-electron chi connectivity index (χ3n) is 7.83. The molecule has 0 saturated carbocycles. The fourth-order valence-electron chi connectivity index (χ4n) is 6.06. The van der Waals surface area contributed by atoms with Crippen LogP contribution in [0, 0.1) is 22.7 Å². The Labute approximate surface area is 244 Å². The van der Waals surface area contributed by atoms with E-state index in [0.717, 1.165) is 17.0 Å². The monoisotopic (exact) mass is 594 g/mol. The Hall–Kier alpha value is -5.74. The molecule has 0 fully saturated rings. The van der Waals surface area contributed by atoms with Gasteiger partial charge in [0.1, 0.15) is 6.07 Å². The van der Waals surface area contributed by atoms with Crippen LogP contribution in [0.3, 0.4) is 0 Å². The van der Waals surface area contributed by atoms with Gasteiger partial charge in [-0.25, -0.2) is 0 Å². The molecule has 2 aromatic heterocycles. The minimum atomic E-state index is -5.07. The number of nitriles is 2. The van der Waals surface area contributed by atoms with Crippen LogP contribution in [0.15, 0.2) is 97.1 Å². The van der Waals surface area contributed by atoms with E-state index in [1.807, 2.05) is 34.9 Å². The zero-order valence-electron chi connectivity index (χ0n) is 22.3. The van der Waals surface area contributed by atoms with E-state index in [-0.39, 0.29) is 11.6 Å². The molecule has 0 bridgehead atoms. The van der Waals surface area contributed by atoms with E-state index in [0.29, 0.717) is 50.0 Å². The minimum Gasteiger partial charge on any atom is -0.309 e. The lowest BCUT2D eigenvalue weighted by Crippen LogP contribution is -2.14. The summed E-state index contributed by atoms with van der Waals surface area (Å²) in [4.78, 5) is 0. The van der Waals surface area contributed by atoms with Crippen molar-refractivity contribution in [3.05, 3.63) is 119 Å². The first-order chi connectivity index (χ1) is 21.0. The molecule has 7 rings (SSSR count).